The van der Waals surface area contributed by atoms with E-state index in [1.54, 1.807) is 0 Å². The molecule has 1 fully saturated rings. The molecule has 1 rings (SSSR count). The Kier molecular flexibility index (Phi) is 6.17. The van der Waals surface area contributed by atoms with Gasteiger partial charge in [-0.2, -0.15) is 0 Å². The van der Waals surface area contributed by atoms with Gasteiger partial charge in [-0.25, -0.2) is 0 Å². The molecule has 3 unspecified atom stereocenters. The third-order valence-electron chi connectivity index (χ3n) is 3.96. The topological polar surface area (TPSA) is 58.4 Å². The number of carbonyl (C=O) groups excluding carboxylic acids is 1. The van der Waals surface area contributed by atoms with Crippen LogP contribution < -0.4 is 11.1 Å². The molecule has 1 aliphatic rings. The Balaban J connectivity index is 2.58. The summed E-state index contributed by atoms with van der Waals surface area (Å²) in [6.45, 7) is 6.01. The molecule has 0 aromatic heterocycles. The van der Waals surface area contributed by atoms with Crippen molar-refractivity contribution in [1.82, 2.24) is 10.2 Å². The van der Waals surface area contributed by atoms with Crippen LogP contribution in [0.3, 0.4) is 0 Å². The van der Waals surface area contributed by atoms with E-state index < -0.39 is 0 Å². The van der Waals surface area contributed by atoms with Crippen LogP contribution in [-0.4, -0.2) is 42.5 Å². The summed E-state index contributed by atoms with van der Waals surface area (Å²) in [6.07, 6.45) is 8.59. The van der Waals surface area contributed by atoms with E-state index in [9.17, 15) is 4.79 Å². The molecular formula is C14H25N3O. The average molecular weight is 251 g/mol. The zero-order chi connectivity index (χ0) is 13.5. The minimum atomic E-state index is -0.148. The third-order valence-corrected chi connectivity index (χ3v) is 3.96. The molecule has 102 valence electrons. The predicted molar refractivity (Wildman–Crippen MR) is 73.9 cm³/mol. The molecule has 0 bridgehead atoms. The van der Waals surface area contributed by atoms with Gasteiger partial charge < -0.3 is 11.1 Å². The van der Waals surface area contributed by atoms with Crippen molar-refractivity contribution >= 4 is 5.91 Å². The first kappa shape index (κ1) is 15.0. The quantitative estimate of drug-likeness (QED) is 0.703. The van der Waals surface area contributed by atoms with E-state index in [-0.39, 0.29) is 11.9 Å². The maximum absolute atomic E-state index is 11.9. The molecule has 0 aromatic rings. The first-order valence-electron chi connectivity index (χ1n) is 6.81. The molecule has 0 aromatic carbocycles. The monoisotopic (exact) mass is 251 g/mol. The smallest absolute Gasteiger partial charge is 0.237 e. The third kappa shape index (κ3) is 3.72. The number of rotatable bonds is 5. The summed E-state index contributed by atoms with van der Waals surface area (Å²) in [5.74, 6) is 3.17. The van der Waals surface area contributed by atoms with Crippen LogP contribution in [0.4, 0.5) is 0 Å². The van der Waals surface area contributed by atoms with E-state index in [1.165, 1.54) is 6.42 Å². The molecule has 4 heteroatoms. The average Bonchev–Trinajstić information content (AvgIpc) is 2.43. The van der Waals surface area contributed by atoms with E-state index in [0.717, 1.165) is 25.3 Å². The molecule has 0 spiro atoms. The number of terminal acetylenes is 1. The molecule has 1 amide bonds. The normalized spacial score (nSPS) is 26.3. The van der Waals surface area contributed by atoms with Gasteiger partial charge in [0.2, 0.25) is 5.91 Å². The van der Waals surface area contributed by atoms with Crippen molar-refractivity contribution in [2.45, 2.75) is 45.2 Å². The lowest BCUT2D eigenvalue weighted by Gasteiger charge is -2.41. The number of amides is 1. The van der Waals surface area contributed by atoms with Crippen LogP contribution in [0, 0.1) is 18.3 Å². The highest BCUT2D eigenvalue weighted by Crippen LogP contribution is 2.26. The molecule has 1 saturated heterocycles. The number of nitrogens with zero attached hydrogens (tertiary/aromatic N) is 1. The number of hydrogen-bond donors (Lipinski definition) is 2. The maximum atomic E-state index is 11.9. The van der Waals surface area contributed by atoms with Gasteiger partial charge in [-0.1, -0.05) is 19.3 Å². The summed E-state index contributed by atoms with van der Waals surface area (Å²) in [4.78, 5) is 14.1. The molecule has 1 heterocycles. The second-order valence-electron chi connectivity index (χ2n) is 5.02. The lowest BCUT2D eigenvalue weighted by atomic mass is 9.88. The molecule has 0 aliphatic carbocycles. The molecule has 0 saturated carbocycles. The van der Waals surface area contributed by atoms with Gasteiger partial charge in [-0.05, 0) is 32.2 Å². The Hall–Kier alpha value is -1.05. The van der Waals surface area contributed by atoms with Crippen molar-refractivity contribution in [3.8, 4) is 12.3 Å². The van der Waals surface area contributed by atoms with Crippen LogP contribution in [0.1, 0.15) is 33.1 Å². The van der Waals surface area contributed by atoms with Gasteiger partial charge >= 0.3 is 0 Å². The first-order chi connectivity index (χ1) is 8.63. The Morgan fingerprint density at radius 2 is 2.39 bits per heavy atom. The van der Waals surface area contributed by atoms with E-state index >= 15 is 0 Å². The van der Waals surface area contributed by atoms with E-state index in [4.69, 9.17) is 12.2 Å². The highest BCUT2D eigenvalue weighted by Gasteiger charge is 2.32. The lowest BCUT2D eigenvalue weighted by Crippen LogP contribution is -2.55. The second kappa shape index (κ2) is 7.40. The Morgan fingerprint density at radius 3 is 2.94 bits per heavy atom. The molecule has 18 heavy (non-hydrogen) atoms. The van der Waals surface area contributed by atoms with Crippen molar-refractivity contribution in [2.75, 3.05) is 19.6 Å². The minimum Gasteiger partial charge on any atom is -0.344 e. The van der Waals surface area contributed by atoms with Crippen LogP contribution in [0.5, 0.6) is 0 Å². The Labute approximate surface area is 110 Å². The number of piperidine rings is 1. The fourth-order valence-corrected chi connectivity index (χ4v) is 2.70. The largest absolute Gasteiger partial charge is 0.344 e. The SMILES string of the molecule is C#CCNC(=O)C(C)N1CCC(CC)CC1CN. The summed E-state index contributed by atoms with van der Waals surface area (Å²) in [5.41, 5.74) is 5.84. The van der Waals surface area contributed by atoms with E-state index in [1.807, 2.05) is 6.92 Å². The van der Waals surface area contributed by atoms with E-state index in [2.05, 4.69) is 23.1 Å². The molecule has 3 N–H and O–H groups in total. The lowest BCUT2D eigenvalue weighted by molar-refractivity contribution is -0.127. The zero-order valence-corrected chi connectivity index (χ0v) is 11.5. The van der Waals surface area contributed by atoms with Crippen LogP contribution >= 0.6 is 0 Å². The summed E-state index contributed by atoms with van der Waals surface area (Å²) in [6, 6.07) is 0.167. The maximum Gasteiger partial charge on any atom is 0.237 e. The molecule has 1 aliphatic heterocycles. The van der Waals surface area contributed by atoms with Gasteiger partial charge in [0.05, 0.1) is 12.6 Å². The molecule has 0 radical (unpaired) electrons. The van der Waals surface area contributed by atoms with Gasteiger partial charge in [0, 0.05) is 12.6 Å². The number of hydrogen-bond acceptors (Lipinski definition) is 3. The van der Waals surface area contributed by atoms with Crippen LogP contribution in [0.15, 0.2) is 0 Å². The molecular weight excluding hydrogens is 226 g/mol. The van der Waals surface area contributed by atoms with Gasteiger partial charge in [0.15, 0.2) is 0 Å². The van der Waals surface area contributed by atoms with E-state index in [0.29, 0.717) is 19.1 Å². The van der Waals surface area contributed by atoms with Gasteiger partial charge in [0.25, 0.3) is 0 Å². The highest BCUT2D eigenvalue weighted by molar-refractivity contribution is 5.81. The zero-order valence-electron chi connectivity index (χ0n) is 11.5. The second-order valence-corrected chi connectivity index (χ2v) is 5.02. The van der Waals surface area contributed by atoms with Gasteiger partial charge in [-0.3, -0.25) is 9.69 Å². The van der Waals surface area contributed by atoms with Crippen LogP contribution in [0.25, 0.3) is 0 Å². The summed E-state index contributed by atoms with van der Waals surface area (Å²) in [7, 11) is 0. The van der Waals surface area contributed by atoms with Crippen molar-refractivity contribution < 1.29 is 4.79 Å². The molecule has 3 atom stereocenters. The summed E-state index contributed by atoms with van der Waals surface area (Å²) in [5, 5.41) is 2.74. The number of carbonyl (C=O) groups is 1. The van der Waals surface area contributed by atoms with Crippen molar-refractivity contribution in [2.24, 2.45) is 11.7 Å². The molecule has 4 nitrogen and oxygen atoms in total. The van der Waals surface area contributed by atoms with Crippen molar-refractivity contribution in [3.05, 3.63) is 0 Å². The fraction of sp³-hybridized carbons (Fsp3) is 0.786. The van der Waals surface area contributed by atoms with Crippen molar-refractivity contribution in [3.63, 3.8) is 0 Å². The highest BCUT2D eigenvalue weighted by atomic mass is 16.2. The van der Waals surface area contributed by atoms with Crippen LogP contribution in [0.2, 0.25) is 0 Å². The number of likely N-dealkylation sites (tertiary alicyclic amines) is 1. The fourth-order valence-electron chi connectivity index (χ4n) is 2.70. The van der Waals surface area contributed by atoms with Crippen LogP contribution in [-0.2, 0) is 4.79 Å². The number of nitrogens with two attached hydrogens (primary N) is 1. The standard InChI is InChI=1S/C14H25N3O/c1-4-7-16-14(18)11(3)17-8-6-12(5-2)9-13(17)10-15/h1,11-13H,5-10,15H2,2-3H3,(H,16,18). The summed E-state index contributed by atoms with van der Waals surface area (Å²) >= 11 is 0. The Morgan fingerprint density at radius 1 is 1.67 bits per heavy atom. The Bertz CT molecular complexity index is 311. The predicted octanol–water partition coefficient (Wildman–Crippen LogP) is 0.574. The first-order valence-corrected chi connectivity index (χ1v) is 6.81. The number of nitrogens with one attached hydrogen (secondary N) is 1. The van der Waals surface area contributed by atoms with Gasteiger partial charge in [0.1, 0.15) is 0 Å². The van der Waals surface area contributed by atoms with Crippen molar-refractivity contribution in [1.29, 1.82) is 0 Å². The minimum absolute atomic E-state index is 0.00125. The van der Waals surface area contributed by atoms with Gasteiger partial charge in [-0.15, -0.1) is 6.42 Å². The summed E-state index contributed by atoms with van der Waals surface area (Å²) < 4.78 is 0.